The summed E-state index contributed by atoms with van der Waals surface area (Å²) >= 11 is 0. The van der Waals surface area contributed by atoms with Crippen LogP contribution in [0.3, 0.4) is 0 Å². The Morgan fingerprint density at radius 2 is 1.46 bits per heavy atom. The highest BCUT2D eigenvalue weighted by Gasteiger charge is 2.16. The number of ether oxygens (including phenoxy) is 2. The summed E-state index contributed by atoms with van der Waals surface area (Å²) in [6, 6.07) is 6.62. The number of hydrogen-bond acceptors (Lipinski definition) is 4. The number of carbonyl (C=O) groups is 2. The maximum Gasteiger partial charge on any atom is 0.338 e. The molecule has 0 aromatic heterocycles. The Bertz CT molecular complexity index is 533. The molecule has 0 bridgehead atoms. The molecule has 0 N–H and O–H groups in total. The lowest BCUT2D eigenvalue weighted by Crippen LogP contribution is -2.18. The topological polar surface area (TPSA) is 52.6 Å². The minimum Gasteiger partial charge on any atom is -0.462 e. The highest BCUT2D eigenvalue weighted by Crippen LogP contribution is 2.14. The van der Waals surface area contributed by atoms with Crippen LogP contribution in [0.4, 0.5) is 0 Å². The second kappa shape index (κ2) is 13.4. The van der Waals surface area contributed by atoms with Crippen LogP contribution in [-0.2, 0) is 9.47 Å². The van der Waals surface area contributed by atoms with Gasteiger partial charge >= 0.3 is 11.9 Å². The van der Waals surface area contributed by atoms with E-state index in [4.69, 9.17) is 9.47 Å². The fourth-order valence-corrected chi connectivity index (χ4v) is 2.85. The molecule has 0 unspecified atom stereocenters. The summed E-state index contributed by atoms with van der Waals surface area (Å²) in [6.07, 6.45) is 9.15. The van der Waals surface area contributed by atoms with E-state index >= 15 is 0 Å². The Labute approximate surface area is 158 Å². The first-order valence-corrected chi connectivity index (χ1v) is 10.1. The molecule has 0 amide bonds. The summed E-state index contributed by atoms with van der Waals surface area (Å²) < 4.78 is 10.9. The third-order valence-electron chi connectivity index (χ3n) is 4.31. The number of unbranched alkanes of at least 4 members (excludes halogenated alkanes) is 4. The van der Waals surface area contributed by atoms with Crippen LogP contribution in [0.2, 0.25) is 0 Å². The lowest BCUT2D eigenvalue weighted by Gasteiger charge is -2.16. The second-order valence-corrected chi connectivity index (χ2v) is 6.74. The van der Waals surface area contributed by atoms with Crippen molar-refractivity contribution in [3.05, 3.63) is 35.4 Å². The Balaban J connectivity index is 2.54. The van der Waals surface area contributed by atoms with Crippen LogP contribution in [0.15, 0.2) is 24.3 Å². The van der Waals surface area contributed by atoms with E-state index in [9.17, 15) is 9.59 Å². The summed E-state index contributed by atoms with van der Waals surface area (Å²) in [4.78, 5) is 24.5. The van der Waals surface area contributed by atoms with E-state index < -0.39 is 0 Å². The highest BCUT2D eigenvalue weighted by atomic mass is 16.5. The third kappa shape index (κ3) is 8.50. The lowest BCUT2D eigenvalue weighted by molar-refractivity contribution is 0.0258. The third-order valence-corrected chi connectivity index (χ3v) is 4.31. The fraction of sp³-hybridized carbons (Fsp3) is 0.636. The van der Waals surface area contributed by atoms with Crippen LogP contribution in [-0.4, -0.2) is 24.6 Å². The molecule has 4 nitrogen and oxygen atoms in total. The molecule has 0 atom stereocenters. The normalized spacial score (nSPS) is 10.8. The van der Waals surface area contributed by atoms with Crippen LogP contribution < -0.4 is 0 Å². The van der Waals surface area contributed by atoms with Gasteiger partial charge in [0, 0.05) is 0 Å². The molecule has 0 heterocycles. The van der Waals surface area contributed by atoms with Crippen molar-refractivity contribution in [3.63, 3.8) is 0 Å². The van der Waals surface area contributed by atoms with Crippen LogP contribution in [0.25, 0.3) is 0 Å². The van der Waals surface area contributed by atoms with E-state index in [0.717, 1.165) is 38.5 Å². The van der Waals surface area contributed by atoms with Gasteiger partial charge in [-0.25, -0.2) is 9.59 Å². The van der Waals surface area contributed by atoms with E-state index in [0.29, 0.717) is 17.7 Å². The van der Waals surface area contributed by atoms with Gasteiger partial charge in [0.15, 0.2) is 0 Å². The number of carbonyl (C=O) groups excluding carboxylic acids is 2. The van der Waals surface area contributed by atoms with Crippen molar-refractivity contribution in [1.29, 1.82) is 0 Å². The van der Waals surface area contributed by atoms with E-state index in [1.54, 1.807) is 24.3 Å². The molecule has 0 aliphatic heterocycles. The summed E-state index contributed by atoms with van der Waals surface area (Å²) in [5.74, 6) is -0.750. The van der Waals surface area contributed by atoms with Crippen LogP contribution in [0.1, 0.15) is 99.3 Å². The van der Waals surface area contributed by atoms with Crippen LogP contribution in [0.5, 0.6) is 0 Å². The van der Waals surface area contributed by atoms with Crippen molar-refractivity contribution in [2.75, 3.05) is 6.61 Å². The molecule has 0 aliphatic rings. The van der Waals surface area contributed by atoms with Crippen molar-refractivity contribution < 1.29 is 19.1 Å². The number of rotatable bonds is 13. The first-order valence-electron chi connectivity index (χ1n) is 10.1. The molecule has 0 fully saturated rings. The van der Waals surface area contributed by atoms with Crippen molar-refractivity contribution >= 4 is 11.9 Å². The van der Waals surface area contributed by atoms with Crippen molar-refractivity contribution in [1.82, 2.24) is 0 Å². The molecule has 0 saturated heterocycles. The summed E-state index contributed by atoms with van der Waals surface area (Å²) in [5, 5.41) is 0. The molecule has 26 heavy (non-hydrogen) atoms. The van der Waals surface area contributed by atoms with Crippen LogP contribution >= 0.6 is 0 Å². The summed E-state index contributed by atoms with van der Waals surface area (Å²) in [6.45, 7) is 6.75. The fourth-order valence-electron chi connectivity index (χ4n) is 2.85. The van der Waals surface area contributed by atoms with E-state index in [-0.39, 0.29) is 18.0 Å². The smallest absolute Gasteiger partial charge is 0.338 e. The molecule has 146 valence electrons. The van der Waals surface area contributed by atoms with Gasteiger partial charge in [-0.2, -0.15) is 0 Å². The average Bonchev–Trinajstić information content (AvgIpc) is 2.65. The van der Waals surface area contributed by atoms with E-state index in [1.807, 2.05) is 0 Å². The van der Waals surface area contributed by atoms with Gasteiger partial charge in [0.2, 0.25) is 0 Å². The summed E-state index contributed by atoms with van der Waals surface area (Å²) in [7, 11) is 0. The number of esters is 2. The molecule has 1 rings (SSSR count). The zero-order valence-corrected chi connectivity index (χ0v) is 16.6. The predicted octanol–water partition coefficient (Wildman–Crippen LogP) is 5.94. The first-order chi connectivity index (χ1) is 12.6. The minimum atomic E-state index is -0.381. The Kier molecular flexibility index (Phi) is 11.4. The van der Waals surface area contributed by atoms with Gasteiger partial charge in [0.05, 0.1) is 17.7 Å². The Morgan fingerprint density at radius 1 is 0.846 bits per heavy atom. The van der Waals surface area contributed by atoms with Gasteiger partial charge in [-0.1, -0.05) is 65.4 Å². The lowest BCUT2D eigenvalue weighted by atomic mass is 10.1. The molecular formula is C22H34O4. The largest absolute Gasteiger partial charge is 0.462 e. The molecular weight excluding hydrogens is 328 g/mol. The van der Waals surface area contributed by atoms with Gasteiger partial charge in [0.1, 0.15) is 6.10 Å². The molecule has 0 radical (unpaired) electrons. The van der Waals surface area contributed by atoms with Gasteiger partial charge < -0.3 is 9.47 Å². The molecule has 1 aromatic rings. The molecule has 0 spiro atoms. The second-order valence-electron chi connectivity index (χ2n) is 6.74. The summed E-state index contributed by atoms with van der Waals surface area (Å²) in [5.41, 5.74) is 0.801. The maximum absolute atomic E-state index is 12.4. The van der Waals surface area contributed by atoms with Gasteiger partial charge in [-0.05, 0) is 37.5 Å². The van der Waals surface area contributed by atoms with Crippen molar-refractivity contribution in [2.45, 2.75) is 84.7 Å². The predicted molar refractivity (Wildman–Crippen MR) is 105 cm³/mol. The molecule has 1 aromatic carbocycles. The number of benzene rings is 1. The quantitative estimate of drug-likeness (QED) is 0.322. The molecule has 0 saturated carbocycles. The van der Waals surface area contributed by atoms with Crippen molar-refractivity contribution in [2.24, 2.45) is 0 Å². The standard InChI is InChI=1S/C22H34O4/c1-4-7-8-9-10-16-25-21(23)18-14-11-15-19(17-18)22(24)26-20(12-5-2)13-6-3/h11,14-15,17,20H,4-10,12-13,16H2,1-3H3. The average molecular weight is 363 g/mol. The zero-order chi connectivity index (χ0) is 19.2. The van der Waals surface area contributed by atoms with Crippen LogP contribution in [0, 0.1) is 0 Å². The highest BCUT2D eigenvalue weighted by molar-refractivity contribution is 5.95. The van der Waals surface area contributed by atoms with Gasteiger partial charge in [0.25, 0.3) is 0 Å². The molecule has 4 heteroatoms. The monoisotopic (exact) mass is 362 g/mol. The van der Waals surface area contributed by atoms with Gasteiger partial charge in [-0.3, -0.25) is 0 Å². The van der Waals surface area contributed by atoms with E-state index in [2.05, 4.69) is 20.8 Å². The molecule has 0 aliphatic carbocycles. The maximum atomic E-state index is 12.4. The van der Waals surface area contributed by atoms with Crippen molar-refractivity contribution in [3.8, 4) is 0 Å². The Morgan fingerprint density at radius 3 is 2.08 bits per heavy atom. The number of hydrogen-bond donors (Lipinski definition) is 0. The first kappa shape index (κ1) is 22.2. The van der Waals surface area contributed by atoms with Gasteiger partial charge in [-0.15, -0.1) is 0 Å². The van der Waals surface area contributed by atoms with E-state index in [1.165, 1.54) is 19.3 Å². The Hall–Kier alpha value is -1.84. The minimum absolute atomic E-state index is 0.0590. The SMILES string of the molecule is CCCCCCCOC(=O)c1cccc(C(=O)OC(CCC)CCC)c1. The zero-order valence-electron chi connectivity index (χ0n) is 16.6.